The summed E-state index contributed by atoms with van der Waals surface area (Å²) < 4.78 is 57.0. The third-order valence-electron chi connectivity index (χ3n) is 6.26. The van der Waals surface area contributed by atoms with Crippen molar-refractivity contribution in [3.63, 3.8) is 0 Å². The average molecular weight is 932 g/mol. The number of carboxylic acid groups (broad SMARTS) is 2. The summed E-state index contributed by atoms with van der Waals surface area (Å²) in [6.07, 6.45) is -0.598. The van der Waals surface area contributed by atoms with E-state index in [1.165, 1.54) is 38.5 Å². The molecule has 0 aliphatic carbocycles. The van der Waals surface area contributed by atoms with E-state index in [0.29, 0.717) is 15.5 Å². The number of aryl methyl sites for hydroxylation is 1. The van der Waals surface area contributed by atoms with Gasteiger partial charge in [-0.15, -0.1) is 0 Å². The fraction of sp³-hybridized carbons (Fsp3) is 0.207. The molecule has 0 fully saturated rings. The monoisotopic (exact) mass is 930 g/mol. The van der Waals surface area contributed by atoms with E-state index in [1.54, 1.807) is 16.9 Å². The maximum atomic E-state index is 12.4. The van der Waals surface area contributed by atoms with Gasteiger partial charge in [0.25, 0.3) is 15.7 Å². The number of urea groups is 1. The van der Waals surface area contributed by atoms with Gasteiger partial charge < -0.3 is 38.9 Å². The number of nitro benzene ring substituents is 1. The summed E-state index contributed by atoms with van der Waals surface area (Å²) in [5.74, 6) is -3.33. The van der Waals surface area contributed by atoms with Crippen LogP contribution in [0.2, 0.25) is 15.2 Å². The second-order valence-electron chi connectivity index (χ2n) is 10.5. The van der Waals surface area contributed by atoms with E-state index < -0.39 is 75.1 Å². The summed E-state index contributed by atoms with van der Waals surface area (Å²) in [4.78, 5) is 78.9. The zero-order valence-corrected chi connectivity index (χ0v) is 34.3. The summed E-state index contributed by atoms with van der Waals surface area (Å²) in [5.41, 5.74) is -1.37. The van der Waals surface area contributed by atoms with Crippen molar-refractivity contribution in [1.29, 1.82) is 0 Å². The number of rotatable bonds is 14. The average Bonchev–Trinajstić information content (AvgIpc) is 3.46. The Hall–Kier alpha value is -5.86. The number of carboxylic acids is 2. The van der Waals surface area contributed by atoms with Crippen molar-refractivity contribution >= 4 is 88.0 Å². The maximum absolute atomic E-state index is 12.4. The number of aromatic carboxylic acids is 1. The van der Waals surface area contributed by atoms with Crippen LogP contribution in [0.25, 0.3) is 0 Å². The van der Waals surface area contributed by atoms with Gasteiger partial charge in [0.2, 0.25) is 17.7 Å². The van der Waals surface area contributed by atoms with Crippen molar-refractivity contribution in [2.75, 3.05) is 39.5 Å². The highest BCUT2D eigenvalue weighted by molar-refractivity contribution is 7.90. The molecule has 0 spiro atoms. The number of sulfonamides is 1. The minimum atomic E-state index is -4.64. The van der Waals surface area contributed by atoms with Gasteiger partial charge in [0.1, 0.15) is 22.6 Å². The molecule has 0 unspecified atom stereocenters. The van der Waals surface area contributed by atoms with Gasteiger partial charge in [0.05, 0.1) is 50.2 Å². The first-order valence-electron chi connectivity index (χ1n) is 15.2. The number of esters is 1. The van der Waals surface area contributed by atoms with Crippen LogP contribution in [0.15, 0.2) is 47.5 Å². The lowest BCUT2D eigenvalue weighted by molar-refractivity contribution is -0.385. The van der Waals surface area contributed by atoms with Crippen molar-refractivity contribution in [2.24, 2.45) is 7.05 Å². The van der Waals surface area contributed by atoms with E-state index in [1.807, 2.05) is 0 Å². The molecular formula is C29H30Cl3N8O17PS. The first kappa shape index (κ1) is 49.3. The van der Waals surface area contributed by atoms with Crippen molar-refractivity contribution in [2.45, 2.75) is 5.03 Å². The van der Waals surface area contributed by atoms with E-state index >= 15 is 0 Å². The van der Waals surface area contributed by atoms with Gasteiger partial charge in [0, 0.05) is 24.2 Å². The lowest BCUT2D eigenvalue weighted by atomic mass is 10.1. The molecule has 2 amide bonds. The topological polar surface area (TPSA) is 360 Å². The van der Waals surface area contributed by atoms with Crippen LogP contribution in [0.5, 0.6) is 23.3 Å². The lowest BCUT2D eigenvalue weighted by Crippen LogP contribution is -2.36. The molecule has 0 aliphatic rings. The molecule has 2 aromatic heterocycles. The minimum absolute atomic E-state index is 0.0478. The number of nitrogens with one attached hydrogen (secondary N) is 3. The van der Waals surface area contributed by atoms with Crippen molar-refractivity contribution in [1.82, 2.24) is 29.8 Å². The highest BCUT2D eigenvalue weighted by Gasteiger charge is 2.32. The zero-order chi connectivity index (χ0) is 44.8. The molecule has 4 aromatic rings. The number of carbonyl (C=O) groups is 4. The van der Waals surface area contributed by atoms with E-state index in [4.69, 9.17) is 69.0 Å². The number of nitrogens with zero attached hydrogens (tertiary/aromatic N) is 5. The van der Waals surface area contributed by atoms with Gasteiger partial charge in [-0.25, -0.2) is 19.1 Å². The predicted octanol–water partition coefficient (Wildman–Crippen LogP) is 3.37. The third-order valence-corrected chi connectivity index (χ3v) is 9.12. The fourth-order valence-corrected chi connectivity index (χ4v) is 6.36. The van der Waals surface area contributed by atoms with Crippen molar-refractivity contribution < 1.29 is 76.0 Å². The largest absolute Gasteiger partial charge is 0.481 e. The second-order valence-corrected chi connectivity index (χ2v) is 14.9. The first-order chi connectivity index (χ1) is 27.4. The number of halogens is 3. The molecule has 0 saturated heterocycles. The molecule has 25 nitrogen and oxygen atoms in total. The van der Waals surface area contributed by atoms with Crippen LogP contribution in [0.4, 0.5) is 16.4 Å². The SMILES string of the molecule is COC(=O)c1cc(Oc2ccc(Cl)cc2Cl)ccc1[N+](=O)[O-].COc1cc(OC)nc(NC(=O)NS(=O)(=O)c2c(C(=O)O)c(Cl)nn2C)n1.O=C(O)CNCP(=O)(O)O. The molecule has 0 saturated carbocycles. The van der Waals surface area contributed by atoms with Crippen LogP contribution < -0.4 is 29.6 Å². The first-order valence-corrected chi connectivity index (χ1v) is 19.6. The van der Waals surface area contributed by atoms with Crippen LogP contribution in [-0.4, -0.2) is 111 Å². The number of benzene rings is 2. The Morgan fingerprint density at radius 3 is 2.07 bits per heavy atom. The second kappa shape index (κ2) is 21.8. The number of methoxy groups -OCH3 is 3. The van der Waals surface area contributed by atoms with E-state index in [0.717, 1.165) is 20.2 Å². The minimum Gasteiger partial charge on any atom is -0.481 e. The number of ether oxygens (including phenoxy) is 4. The molecule has 2 heterocycles. The Bertz CT molecular complexity index is 2360. The Kier molecular flexibility index (Phi) is 18.2. The number of aromatic nitrogens is 4. The Labute approximate surface area is 346 Å². The smallest absolute Gasteiger partial charge is 0.345 e. The van der Waals surface area contributed by atoms with Crippen molar-refractivity contribution in [3.8, 4) is 23.3 Å². The van der Waals surface area contributed by atoms with Gasteiger partial charge in [-0.1, -0.05) is 34.8 Å². The quantitative estimate of drug-likeness (QED) is 0.0412. The number of aliphatic carboxylic acids is 1. The zero-order valence-electron chi connectivity index (χ0n) is 30.3. The Morgan fingerprint density at radius 1 is 0.966 bits per heavy atom. The number of amides is 2. The summed E-state index contributed by atoms with van der Waals surface area (Å²) in [6, 6.07) is 8.41. The summed E-state index contributed by atoms with van der Waals surface area (Å²) >= 11 is 17.4. The van der Waals surface area contributed by atoms with Crippen LogP contribution in [0.3, 0.4) is 0 Å². The molecule has 4 rings (SSSR count). The molecular weight excluding hydrogens is 902 g/mol. The molecule has 0 aliphatic heterocycles. The molecule has 0 radical (unpaired) electrons. The number of hydrogen-bond donors (Lipinski definition) is 7. The normalized spacial score (nSPS) is 10.7. The molecule has 0 bridgehead atoms. The molecule has 320 valence electrons. The number of nitro groups is 1. The summed E-state index contributed by atoms with van der Waals surface area (Å²) in [5, 5.41) is 35.1. The maximum Gasteiger partial charge on any atom is 0.345 e. The number of anilines is 1. The summed E-state index contributed by atoms with van der Waals surface area (Å²) in [6.45, 7) is -0.439. The third kappa shape index (κ3) is 15.4. The van der Waals surface area contributed by atoms with Gasteiger partial charge in [-0.3, -0.25) is 34.8 Å². The molecule has 59 heavy (non-hydrogen) atoms. The lowest BCUT2D eigenvalue weighted by Gasteiger charge is -2.10. The molecule has 30 heteroatoms. The van der Waals surface area contributed by atoms with Gasteiger partial charge >= 0.3 is 31.5 Å². The Balaban J connectivity index is 0.000000336. The van der Waals surface area contributed by atoms with Crippen LogP contribution >= 0.6 is 42.4 Å². The van der Waals surface area contributed by atoms with Crippen molar-refractivity contribution in [3.05, 3.63) is 78.9 Å². The van der Waals surface area contributed by atoms with E-state index in [9.17, 15) is 42.3 Å². The van der Waals surface area contributed by atoms with Crippen LogP contribution in [-0.2, 0) is 31.2 Å². The number of carbonyl (C=O) groups excluding carboxylic acids is 2. The van der Waals surface area contributed by atoms with Crippen LogP contribution in [0.1, 0.15) is 20.7 Å². The number of hydrogen-bond acceptors (Lipinski definition) is 17. The fourth-order valence-electron chi connectivity index (χ4n) is 3.94. The molecule has 0 atom stereocenters. The van der Waals surface area contributed by atoms with E-state index in [2.05, 4.69) is 30.4 Å². The van der Waals surface area contributed by atoms with Gasteiger partial charge in [0.15, 0.2) is 10.2 Å². The van der Waals surface area contributed by atoms with E-state index in [-0.39, 0.29) is 39.7 Å². The van der Waals surface area contributed by atoms with Gasteiger partial charge in [-0.05, 0) is 24.3 Å². The molecule has 2 aromatic carbocycles. The van der Waals surface area contributed by atoms with Gasteiger partial charge in [-0.2, -0.15) is 23.5 Å². The summed E-state index contributed by atoms with van der Waals surface area (Å²) in [7, 11) is -3.82. The predicted molar refractivity (Wildman–Crippen MR) is 203 cm³/mol. The highest BCUT2D eigenvalue weighted by atomic mass is 35.5. The standard InChI is InChI=1S/C14H9Cl2NO5.C12H13ClN6O7S.C3H8NO5P/c1-21-14(18)10-7-9(3-4-12(10)17(19)20)22-13-5-2-8(15)6-11(13)16;1-19-9(7(10(20)21)8(13)17-19)27(23,24)18-12(22)16-11-14-5(25-2)4-6(15-11)26-3;5-3(6)1-4-2-10(7,8)9/h2-7H,1H3;4H,1-3H3,(H,20,21)(H2,14,15,16,18,22);4H,1-2H2,(H,5,6)(H2,7,8,9). The highest BCUT2D eigenvalue weighted by Crippen LogP contribution is 2.34. The van der Waals surface area contributed by atoms with Crippen LogP contribution in [0, 0.1) is 10.1 Å². The molecule has 7 N–H and O–H groups in total. The Morgan fingerprint density at radius 2 is 1.58 bits per heavy atom.